The minimum atomic E-state index is -1.01. The number of carboxylic acids is 1. The minimum Gasteiger partial charge on any atom is -0.494 e. The molecule has 0 saturated heterocycles. The zero-order valence-corrected chi connectivity index (χ0v) is 27.7. The van der Waals surface area contributed by atoms with Crippen LogP contribution in [0, 0.1) is 6.92 Å². The van der Waals surface area contributed by atoms with Gasteiger partial charge in [-0.15, -0.1) is 0 Å². The van der Waals surface area contributed by atoms with Crippen LogP contribution < -0.4 is 9.47 Å². The van der Waals surface area contributed by atoms with Gasteiger partial charge in [0, 0.05) is 17.2 Å². The van der Waals surface area contributed by atoms with Gasteiger partial charge in [0.25, 0.3) is 0 Å². The number of ether oxygens (including phenoxy) is 4. The van der Waals surface area contributed by atoms with Gasteiger partial charge in [0.1, 0.15) is 24.2 Å². The van der Waals surface area contributed by atoms with Gasteiger partial charge >= 0.3 is 23.9 Å². The second kappa shape index (κ2) is 16.7. The van der Waals surface area contributed by atoms with E-state index in [9.17, 15) is 24.3 Å². The summed E-state index contributed by atoms with van der Waals surface area (Å²) >= 11 is 0. The molecule has 4 rings (SSSR count). The lowest BCUT2D eigenvalue weighted by Gasteiger charge is -2.18. The van der Waals surface area contributed by atoms with Crippen molar-refractivity contribution >= 4 is 40.7 Å². The van der Waals surface area contributed by atoms with Crippen LogP contribution in [-0.4, -0.2) is 48.3 Å². The van der Waals surface area contributed by atoms with Gasteiger partial charge in [-0.1, -0.05) is 55.6 Å². The fraction of sp³-hybridized carbons (Fsp3) is 0.200. The second-order valence-corrected chi connectivity index (χ2v) is 11.5. The SMILES string of the molecule is C=C(C)C(=O)OCC(CCCOc1ccc2cc(/C=C/C(=O)Oc3ccc(-c4ccccc4C(=O)O)cc3C)ccc2c1)OC(=O)C(=C)C. The van der Waals surface area contributed by atoms with E-state index < -0.39 is 30.0 Å². The van der Waals surface area contributed by atoms with Crippen molar-refractivity contribution in [2.75, 3.05) is 13.2 Å². The first kappa shape index (κ1) is 35.9. The van der Waals surface area contributed by atoms with Gasteiger partial charge in [0.05, 0.1) is 12.2 Å². The normalized spacial score (nSPS) is 11.5. The molecule has 0 aliphatic carbocycles. The highest BCUT2D eigenvalue weighted by Gasteiger charge is 2.18. The Hall–Kier alpha value is -5.96. The van der Waals surface area contributed by atoms with Crippen molar-refractivity contribution in [3.8, 4) is 22.6 Å². The number of esters is 3. The number of aryl methyl sites for hydroxylation is 1. The van der Waals surface area contributed by atoms with Gasteiger partial charge in [-0.25, -0.2) is 19.2 Å². The summed E-state index contributed by atoms with van der Waals surface area (Å²) in [6.07, 6.45) is 3.34. The summed E-state index contributed by atoms with van der Waals surface area (Å²) in [6.45, 7) is 12.3. The van der Waals surface area contributed by atoms with Gasteiger partial charge in [-0.3, -0.25) is 0 Å². The molecule has 0 radical (unpaired) electrons. The summed E-state index contributed by atoms with van der Waals surface area (Å²) in [5.41, 5.74) is 3.49. The molecule has 0 spiro atoms. The minimum absolute atomic E-state index is 0.0897. The average Bonchev–Trinajstić information content (AvgIpc) is 3.08. The molecular formula is C40H38O9. The van der Waals surface area contributed by atoms with Gasteiger partial charge in [-0.2, -0.15) is 0 Å². The largest absolute Gasteiger partial charge is 0.494 e. The third kappa shape index (κ3) is 10.3. The number of carboxylic acid groups (broad SMARTS) is 1. The molecule has 49 heavy (non-hydrogen) atoms. The lowest BCUT2D eigenvalue weighted by Crippen LogP contribution is -2.26. The van der Waals surface area contributed by atoms with E-state index in [0.717, 1.165) is 16.3 Å². The quantitative estimate of drug-likeness (QED) is 0.0585. The van der Waals surface area contributed by atoms with Crippen LogP contribution in [0.2, 0.25) is 0 Å². The van der Waals surface area contributed by atoms with E-state index in [4.69, 9.17) is 18.9 Å². The Morgan fingerprint density at radius 2 is 1.57 bits per heavy atom. The first-order chi connectivity index (χ1) is 23.4. The zero-order chi connectivity index (χ0) is 35.5. The number of carbonyl (C=O) groups is 4. The van der Waals surface area contributed by atoms with Crippen molar-refractivity contribution in [2.45, 2.75) is 39.7 Å². The molecule has 252 valence electrons. The van der Waals surface area contributed by atoms with Crippen LogP contribution in [-0.2, 0) is 23.9 Å². The molecule has 4 aromatic rings. The fourth-order valence-electron chi connectivity index (χ4n) is 4.82. The third-order valence-corrected chi connectivity index (χ3v) is 7.41. The second-order valence-electron chi connectivity index (χ2n) is 11.5. The van der Waals surface area contributed by atoms with Crippen LogP contribution >= 0.6 is 0 Å². The van der Waals surface area contributed by atoms with Crippen LogP contribution in [0.25, 0.3) is 28.0 Å². The lowest BCUT2D eigenvalue weighted by atomic mass is 9.98. The van der Waals surface area contributed by atoms with Crippen LogP contribution in [0.4, 0.5) is 0 Å². The van der Waals surface area contributed by atoms with E-state index in [1.807, 2.05) is 36.4 Å². The molecule has 1 N–H and O–H groups in total. The Morgan fingerprint density at radius 3 is 2.29 bits per heavy atom. The van der Waals surface area contributed by atoms with E-state index in [-0.39, 0.29) is 23.3 Å². The predicted molar refractivity (Wildman–Crippen MR) is 187 cm³/mol. The summed E-state index contributed by atoms with van der Waals surface area (Å²) in [5, 5.41) is 11.4. The molecule has 0 amide bonds. The maximum atomic E-state index is 12.6. The number of hydrogen-bond acceptors (Lipinski definition) is 8. The summed E-state index contributed by atoms with van der Waals surface area (Å²) in [6, 6.07) is 23.3. The van der Waals surface area contributed by atoms with Crippen molar-refractivity contribution in [3.63, 3.8) is 0 Å². The maximum Gasteiger partial charge on any atom is 0.336 e. The molecular weight excluding hydrogens is 624 g/mol. The van der Waals surface area contributed by atoms with Gasteiger partial charge in [-0.05, 0) is 109 Å². The molecule has 9 nitrogen and oxygen atoms in total. The first-order valence-corrected chi connectivity index (χ1v) is 15.6. The highest BCUT2D eigenvalue weighted by molar-refractivity contribution is 5.96. The number of fused-ring (bicyclic) bond motifs is 1. The highest BCUT2D eigenvalue weighted by Crippen LogP contribution is 2.29. The number of aromatic carboxylic acids is 1. The fourth-order valence-corrected chi connectivity index (χ4v) is 4.82. The Balaban J connectivity index is 1.31. The van der Waals surface area contributed by atoms with Crippen molar-refractivity contribution < 1.29 is 43.2 Å². The Labute approximate surface area is 285 Å². The van der Waals surface area contributed by atoms with Crippen molar-refractivity contribution in [1.29, 1.82) is 0 Å². The molecule has 9 heteroatoms. The Kier molecular flexibility index (Phi) is 12.3. The zero-order valence-electron chi connectivity index (χ0n) is 27.7. The van der Waals surface area contributed by atoms with E-state index in [0.29, 0.717) is 47.6 Å². The maximum absolute atomic E-state index is 12.6. The smallest absolute Gasteiger partial charge is 0.336 e. The van der Waals surface area contributed by atoms with Gasteiger partial charge in [0.15, 0.2) is 0 Å². The molecule has 0 fully saturated rings. The number of carbonyl (C=O) groups excluding carboxylic acids is 3. The van der Waals surface area contributed by atoms with E-state index >= 15 is 0 Å². The first-order valence-electron chi connectivity index (χ1n) is 15.6. The molecule has 1 atom stereocenters. The van der Waals surface area contributed by atoms with Gasteiger partial charge in [0.2, 0.25) is 0 Å². The topological polar surface area (TPSA) is 125 Å². The monoisotopic (exact) mass is 662 g/mol. The summed E-state index contributed by atoms with van der Waals surface area (Å²) in [7, 11) is 0. The van der Waals surface area contributed by atoms with Gasteiger partial charge < -0.3 is 24.1 Å². The molecule has 0 aliphatic rings. The van der Waals surface area contributed by atoms with Crippen LogP contribution in [0.5, 0.6) is 11.5 Å². The number of benzene rings is 4. The van der Waals surface area contributed by atoms with Crippen LogP contribution in [0.3, 0.4) is 0 Å². The van der Waals surface area contributed by atoms with E-state index in [2.05, 4.69) is 13.2 Å². The van der Waals surface area contributed by atoms with Crippen molar-refractivity contribution in [2.24, 2.45) is 0 Å². The van der Waals surface area contributed by atoms with E-state index in [1.165, 1.54) is 6.08 Å². The average molecular weight is 663 g/mol. The molecule has 0 saturated carbocycles. The van der Waals surface area contributed by atoms with E-state index in [1.54, 1.807) is 69.3 Å². The number of hydrogen-bond donors (Lipinski definition) is 1. The summed E-state index contributed by atoms with van der Waals surface area (Å²) in [5.74, 6) is -1.62. The predicted octanol–water partition coefficient (Wildman–Crippen LogP) is 7.90. The summed E-state index contributed by atoms with van der Waals surface area (Å²) in [4.78, 5) is 48.0. The highest BCUT2D eigenvalue weighted by atomic mass is 16.6. The summed E-state index contributed by atoms with van der Waals surface area (Å²) < 4.78 is 22.1. The molecule has 0 heterocycles. The Bertz CT molecular complexity index is 1940. The standard InChI is InChI=1S/C40H38O9/c1-25(2)39(44)47-24-33(48-40(45)26(3)4)9-8-20-46-32-17-15-29-22-28(12-14-30(29)23-32)13-19-37(41)49-36-18-16-31(21-27(36)5)34-10-6-7-11-35(34)38(42)43/h6-7,10-19,21-23,33H,1,3,8-9,20,24H2,2,4-5H3,(H,42,43)/b19-13+. The number of rotatable bonds is 15. The molecule has 1 unspecified atom stereocenters. The molecule has 0 aromatic heterocycles. The molecule has 0 bridgehead atoms. The van der Waals surface area contributed by atoms with Crippen LogP contribution in [0.15, 0.2) is 109 Å². The van der Waals surface area contributed by atoms with Crippen molar-refractivity contribution in [1.82, 2.24) is 0 Å². The lowest BCUT2D eigenvalue weighted by molar-refractivity contribution is -0.154. The third-order valence-electron chi connectivity index (χ3n) is 7.41. The molecule has 0 aliphatic heterocycles. The Morgan fingerprint density at radius 1 is 0.857 bits per heavy atom. The van der Waals surface area contributed by atoms with Crippen molar-refractivity contribution in [3.05, 3.63) is 126 Å². The molecule has 4 aromatic carbocycles. The van der Waals surface area contributed by atoms with Crippen LogP contribution in [0.1, 0.15) is 48.2 Å².